The van der Waals surface area contributed by atoms with Gasteiger partial charge in [0.15, 0.2) is 0 Å². The van der Waals surface area contributed by atoms with Gasteiger partial charge in [-0.05, 0) is 58.4 Å². The van der Waals surface area contributed by atoms with Crippen LogP contribution < -0.4 is 10.2 Å². The van der Waals surface area contributed by atoms with Crippen LogP contribution in [0.4, 0.5) is 5.69 Å². The van der Waals surface area contributed by atoms with E-state index in [1.54, 1.807) is 7.05 Å². The highest BCUT2D eigenvalue weighted by molar-refractivity contribution is 5.80. The summed E-state index contributed by atoms with van der Waals surface area (Å²) in [4.78, 5) is 14.2. The van der Waals surface area contributed by atoms with E-state index in [9.17, 15) is 4.79 Å². The molecule has 1 atom stereocenters. The van der Waals surface area contributed by atoms with Gasteiger partial charge in [-0.3, -0.25) is 4.79 Å². The van der Waals surface area contributed by atoms with E-state index < -0.39 is 5.54 Å². The van der Waals surface area contributed by atoms with E-state index in [4.69, 9.17) is 4.74 Å². The average Bonchev–Trinajstić information content (AvgIpc) is 2.47. The third-order valence-corrected chi connectivity index (χ3v) is 3.89. The number of benzene rings is 1. The lowest BCUT2D eigenvalue weighted by Crippen LogP contribution is -2.49. The van der Waals surface area contributed by atoms with Crippen LogP contribution in [0.5, 0.6) is 0 Å². The van der Waals surface area contributed by atoms with E-state index in [1.165, 1.54) is 11.3 Å². The fraction of sp³-hybridized carbons (Fsp3) is 0.588. The summed E-state index contributed by atoms with van der Waals surface area (Å²) in [5.74, 6) is -0.175. The molecule has 1 N–H and O–H groups in total. The Labute approximate surface area is 128 Å². The molecule has 0 saturated heterocycles. The maximum atomic E-state index is 12.0. The summed E-state index contributed by atoms with van der Waals surface area (Å²) in [6.07, 6.45) is 1.67. The second-order valence-electron chi connectivity index (χ2n) is 5.67. The molecular weight excluding hydrogens is 264 g/mol. The highest BCUT2D eigenvalue weighted by Gasteiger charge is 2.32. The minimum Gasteiger partial charge on any atom is -0.465 e. The van der Waals surface area contributed by atoms with Crippen LogP contribution in [-0.4, -0.2) is 38.8 Å². The highest BCUT2D eigenvalue weighted by atomic mass is 16.5. The van der Waals surface area contributed by atoms with Crippen molar-refractivity contribution < 1.29 is 9.53 Å². The summed E-state index contributed by atoms with van der Waals surface area (Å²) in [6, 6.07) is 8.44. The van der Waals surface area contributed by atoms with Gasteiger partial charge < -0.3 is 15.0 Å². The van der Waals surface area contributed by atoms with Gasteiger partial charge in [0.25, 0.3) is 0 Å². The molecule has 0 spiro atoms. The lowest BCUT2D eigenvalue weighted by molar-refractivity contribution is -0.150. The number of ether oxygens (including phenoxy) is 1. The summed E-state index contributed by atoms with van der Waals surface area (Å²) in [6.45, 7) is 7.15. The lowest BCUT2D eigenvalue weighted by Gasteiger charge is -2.28. The Hall–Kier alpha value is -1.55. The van der Waals surface area contributed by atoms with Gasteiger partial charge >= 0.3 is 5.97 Å². The third-order valence-electron chi connectivity index (χ3n) is 3.89. The Balaban J connectivity index is 2.53. The molecule has 118 valence electrons. The quantitative estimate of drug-likeness (QED) is 0.748. The number of rotatable bonds is 8. The van der Waals surface area contributed by atoms with Gasteiger partial charge in [-0.1, -0.05) is 12.1 Å². The summed E-state index contributed by atoms with van der Waals surface area (Å²) in [7, 11) is 3.89. The van der Waals surface area contributed by atoms with Gasteiger partial charge in [-0.25, -0.2) is 0 Å². The van der Waals surface area contributed by atoms with Crippen LogP contribution in [0, 0.1) is 6.92 Å². The van der Waals surface area contributed by atoms with Gasteiger partial charge in [0, 0.05) is 19.3 Å². The number of nitrogens with one attached hydrogen (secondary N) is 1. The zero-order chi connectivity index (χ0) is 15.9. The second-order valence-corrected chi connectivity index (χ2v) is 5.67. The number of hydrogen-bond donors (Lipinski definition) is 1. The first-order valence-corrected chi connectivity index (χ1v) is 7.57. The van der Waals surface area contributed by atoms with Crippen LogP contribution in [0.1, 0.15) is 32.3 Å². The Morgan fingerprint density at radius 3 is 2.71 bits per heavy atom. The molecule has 0 heterocycles. The monoisotopic (exact) mass is 292 g/mol. The van der Waals surface area contributed by atoms with E-state index in [-0.39, 0.29) is 5.97 Å². The first kappa shape index (κ1) is 17.5. The third kappa shape index (κ3) is 5.05. The van der Waals surface area contributed by atoms with Crippen molar-refractivity contribution >= 4 is 11.7 Å². The van der Waals surface area contributed by atoms with Crippen LogP contribution in [0.25, 0.3) is 0 Å². The molecule has 0 aliphatic rings. The molecule has 0 amide bonds. The minimum absolute atomic E-state index is 0.175. The molecule has 21 heavy (non-hydrogen) atoms. The van der Waals surface area contributed by atoms with Gasteiger partial charge in [0.2, 0.25) is 0 Å². The molecule has 0 aliphatic carbocycles. The standard InChI is InChI=1S/C17H28N2O2/c1-6-21-16(20)17(3,18-4)11-8-12-19(5)15-10-7-9-14(2)13-15/h7,9-10,13,18H,6,8,11-12H2,1-5H3. The molecule has 0 saturated carbocycles. The number of likely N-dealkylation sites (N-methyl/N-ethyl adjacent to an activating group) is 1. The van der Waals surface area contributed by atoms with Crippen LogP contribution in [-0.2, 0) is 9.53 Å². The number of anilines is 1. The zero-order valence-electron chi connectivity index (χ0n) is 13.9. The van der Waals surface area contributed by atoms with E-state index >= 15 is 0 Å². The highest BCUT2D eigenvalue weighted by Crippen LogP contribution is 2.18. The molecular formula is C17H28N2O2. The Morgan fingerprint density at radius 2 is 2.14 bits per heavy atom. The smallest absolute Gasteiger partial charge is 0.326 e. The van der Waals surface area contributed by atoms with E-state index in [0.717, 1.165) is 19.4 Å². The Morgan fingerprint density at radius 1 is 1.43 bits per heavy atom. The number of nitrogens with zero attached hydrogens (tertiary/aromatic N) is 1. The first-order valence-electron chi connectivity index (χ1n) is 7.57. The second kappa shape index (κ2) is 8.03. The number of aryl methyl sites for hydroxylation is 1. The van der Waals surface area contributed by atoms with Gasteiger partial charge in [0.05, 0.1) is 6.61 Å². The van der Waals surface area contributed by atoms with Gasteiger partial charge in [0.1, 0.15) is 5.54 Å². The first-order chi connectivity index (χ1) is 9.92. The van der Waals surface area contributed by atoms with Crippen molar-refractivity contribution in [3.8, 4) is 0 Å². The molecule has 0 fully saturated rings. The largest absolute Gasteiger partial charge is 0.465 e. The number of esters is 1. The predicted molar refractivity (Wildman–Crippen MR) is 87.8 cm³/mol. The van der Waals surface area contributed by atoms with Crippen molar-refractivity contribution in [3.05, 3.63) is 29.8 Å². The molecule has 1 aromatic rings. The van der Waals surface area contributed by atoms with E-state index in [0.29, 0.717) is 6.61 Å². The fourth-order valence-electron chi connectivity index (χ4n) is 2.28. The summed E-state index contributed by atoms with van der Waals surface area (Å²) < 4.78 is 5.14. The topological polar surface area (TPSA) is 41.6 Å². The van der Waals surface area contributed by atoms with E-state index in [1.807, 2.05) is 13.8 Å². The molecule has 1 unspecified atom stereocenters. The van der Waals surface area contributed by atoms with Crippen molar-refractivity contribution in [2.45, 2.75) is 39.2 Å². The minimum atomic E-state index is -0.608. The Kier molecular flexibility index (Phi) is 6.69. The molecule has 0 bridgehead atoms. The molecule has 0 aromatic heterocycles. The summed E-state index contributed by atoms with van der Waals surface area (Å²) in [5, 5.41) is 3.09. The molecule has 1 aromatic carbocycles. The van der Waals surface area contributed by atoms with E-state index in [2.05, 4.69) is 48.5 Å². The normalized spacial score (nSPS) is 13.6. The van der Waals surface area contributed by atoms with Crippen molar-refractivity contribution in [2.24, 2.45) is 0 Å². The predicted octanol–water partition coefficient (Wildman–Crippen LogP) is 2.75. The lowest BCUT2D eigenvalue weighted by atomic mass is 9.96. The Bertz CT molecular complexity index is 462. The average molecular weight is 292 g/mol. The summed E-state index contributed by atoms with van der Waals surface area (Å²) >= 11 is 0. The summed E-state index contributed by atoms with van der Waals surface area (Å²) in [5.41, 5.74) is 1.85. The molecule has 0 radical (unpaired) electrons. The zero-order valence-corrected chi connectivity index (χ0v) is 13.9. The fourth-order valence-corrected chi connectivity index (χ4v) is 2.28. The van der Waals surface area contributed by atoms with Gasteiger partial charge in [-0.15, -0.1) is 0 Å². The number of hydrogen-bond acceptors (Lipinski definition) is 4. The SMILES string of the molecule is CCOC(=O)C(C)(CCCN(C)c1cccc(C)c1)NC. The van der Waals surface area contributed by atoms with Crippen LogP contribution in [0.15, 0.2) is 24.3 Å². The van der Waals surface area contributed by atoms with Gasteiger partial charge in [-0.2, -0.15) is 0 Å². The molecule has 0 aliphatic heterocycles. The number of carbonyl (C=O) groups excluding carboxylic acids is 1. The van der Waals surface area contributed by atoms with Crippen molar-refractivity contribution in [1.82, 2.24) is 5.32 Å². The molecule has 4 nitrogen and oxygen atoms in total. The van der Waals surface area contributed by atoms with Crippen molar-refractivity contribution in [3.63, 3.8) is 0 Å². The van der Waals surface area contributed by atoms with Crippen LogP contribution in [0.3, 0.4) is 0 Å². The molecule has 1 rings (SSSR count). The maximum Gasteiger partial charge on any atom is 0.326 e. The van der Waals surface area contributed by atoms with Crippen LogP contribution >= 0.6 is 0 Å². The maximum absolute atomic E-state index is 12.0. The van der Waals surface area contributed by atoms with Crippen molar-refractivity contribution in [1.29, 1.82) is 0 Å². The van der Waals surface area contributed by atoms with Crippen LogP contribution in [0.2, 0.25) is 0 Å². The number of carbonyl (C=O) groups is 1. The molecule has 4 heteroatoms. The van der Waals surface area contributed by atoms with Crippen molar-refractivity contribution in [2.75, 3.05) is 32.1 Å².